The topological polar surface area (TPSA) is 90.9 Å². The molecule has 7 nitrogen and oxygen atoms in total. The molecule has 0 bridgehead atoms. The number of carbonyl (C=O) groups is 2. The third-order valence-corrected chi connectivity index (χ3v) is 4.33. The third-order valence-electron chi connectivity index (χ3n) is 4.33. The zero-order valence-electron chi connectivity index (χ0n) is 13.8. The summed E-state index contributed by atoms with van der Waals surface area (Å²) in [6.45, 7) is -0.217. The minimum absolute atomic E-state index is 0.0401. The van der Waals surface area contributed by atoms with Crippen molar-refractivity contribution >= 4 is 11.9 Å². The first kappa shape index (κ1) is 17.7. The summed E-state index contributed by atoms with van der Waals surface area (Å²) in [7, 11) is 3.38. The lowest BCUT2D eigenvalue weighted by Gasteiger charge is -2.32. The SMILES string of the molecule is CN(C)C(=O)C[C@H]1C=C[C@H](NC(=O)NC2CCCC2)[C@H](CO)O1. The number of ether oxygens (including phenoxy) is 1. The number of hydrogen-bond donors (Lipinski definition) is 3. The molecule has 0 aromatic heterocycles. The molecule has 1 fully saturated rings. The van der Waals surface area contributed by atoms with Crippen LogP contribution in [0, 0.1) is 0 Å². The van der Waals surface area contributed by atoms with Gasteiger partial charge in [0.1, 0.15) is 6.10 Å². The smallest absolute Gasteiger partial charge is 0.315 e. The van der Waals surface area contributed by atoms with Crippen LogP contribution in [0.2, 0.25) is 0 Å². The van der Waals surface area contributed by atoms with Crippen molar-refractivity contribution in [2.24, 2.45) is 0 Å². The molecule has 7 heteroatoms. The Hall–Kier alpha value is -1.60. The van der Waals surface area contributed by atoms with Gasteiger partial charge in [-0.1, -0.05) is 25.0 Å². The lowest BCUT2D eigenvalue weighted by Crippen LogP contribution is -2.52. The fraction of sp³-hybridized carbons (Fsp3) is 0.750. The Morgan fingerprint density at radius 2 is 1.91 bits per heavy atom. The molecule has 0 aromatic rings. The number of carbonyl (C=O) groups excluding carboxylic acids is 2. The summed E-state index contributed by atoms with van der Waals surface area (Å²) in [6, 6.07) is -0.398. The summed E-state index contributed by atoms with van der Waals surface area (Å²) < 4.78 is 5.71. The van der Waals surface area contributed by atoms with Gasteiger partial charge in [0.05, 0.1) is 25.2 Å². The van der Waals surface area contributed by atoms with E-state index in [0.717, 1.165) is 25.7 Å². The van der Waals surface area contributed by atoms with E-state index in [9.17, 15) is 14.7 Å². The molecule has 1 aliphatic carbocycles. The molecule has 2 aliphatic rings. The van der Waals surface area contributed by atoms with Gasteiger partial charge in [-0.05, 0) is 12.8 Å². The number of nitrogens with zero attached hydrogens (tertiary/aromatic N) is 1. The zero-order valence-corrected chi connectivity index (χ0v) is 13.8. The number of nitrogens with one attached hydrogen (secondary N) is 2. The van der Waals surface area contributed by atoms with Gasteiger partial charge in [-0.2, -0.15) is 0 Å². The van der Waals surface area contributed by atoms with Crippen molar-refractivity contribution in [1.29, 1.82) is 0 Å². The molecule has 1 saturated carbocycles. The van der Waals surface area contributed by atoms with E-state index in [1.54, 1.807) is 26.2 Å². The van der Waals surface area contributed by atoms with Crippen LogP contribution in [0.15, 0.2) is 12.2 Å². The Labute approximate surface area is 137 Å². The Kier molecular flexibility index (Phi) is 6.41. The number of amides is 3. The number of hydrogen-bond acceptors (Lipinski definition) is 4. The number of aliphatic hydroxyl groups excluding tert-OH is 1. The highest BCUT2D eigenvalue weighted by Gasteiger charge is 2.29. The van der Waals surface area contributed by atoms with Gasteiger partial charge in [-0.25, -0.2) is 4.79 Å². The van der Waals surface area contributed by atoms with Crippen molar-refractivity contribution in [2.45, 2.75) is 56.4 Å². The lowest BCUT2D eigenvalue weighted by atomic mass is 10.0. The van der Waals surface area contributed by atoms with E-state index in [0.29, 0.717) is 0 Å². The molecule has 130 valence electrons. The van der Waals surface area contributed by atoms with E-state index in [2.05, 4.69) is 10.6 Å². The molecule has 0 radical (unpaired) electrons. The maximum Gasteiger partial charge on any atom is 0.315 e. The predicted molar refractivity (Wildman–Crippen MR) is 85.9 cm³/mol. The Bertz CT molecular complexity index is 447. The summed E-state index contributed by atoms with van der Waals surface area (Å²) >= 11 is 0. The first-order valence-corrected chi connectivity index (χ1v) is 8.21. The van der Waals surface area contributed by atoms with Gasteiger partial charge in [0.15, 0.2) is 0 Å². The zero-order chi connectivity index (χ0) is 16.8. The maximum atomic E-state index is 12.0. The second kappa shape index (κ2) is 8.31. The van der Waals surface area contributed by atoms with Crippen LogP contribution in [-0.2, 0) is 9.53 Å². The molecule has 1 heterocycles. The van der Waals surface area contributed by atoms with Crippen LogP contribution in [0.4, 0.5) is 4.79 Å². The molecule has 0 spiro atoms. The Morgan fingerprint density at radius 3 is 2.52 bits per heavy atom. The summed E-state index contributed by atoms with van der Waals surface area (Å²) in [6.07, 6.45) is 7.20. The first-order valence-electron chi connectivity index (χ1n) is 8.21. The molecule has 3 atom stereocenters. The summed E-state index contributed by atoms with van der Waals surface area (Å²) in [5, 5.41) is 15.3. The average molecular weight is 325 g/mol. The summed E-state index contributed by atoms with van der Waals surface area (Å²) in [5.74, 6) is -0.0401. The molecule has 0 aromatic carbocycles. The molecule has 3 N–H and O–H groups in total. The first-order chi connectivity index (χ1) is 11.0. The van der Waals surface area contributed by atoms with Crippen LogP contribution in [0.25, 0.3) is 0 Å². The van der Waals surface area contributed by atoms with Gasteiger partial charge >= 0.3 is 6.03 Å². The van der Waals surface area contributed by atoms with Gasteiger partial charge in [-0.15, -0.1) is 0 Å². The second-order valence-corrected chi connectivity index (χ2v) is 6.40. The second-order valence-electron chi connectivity index (χ2n) is 6.40. The lowest BCUT2D eigenvalue weighted by molar-refractivity contribution is -0.132. The van der Waals surface area contributed by atoms with Gasteiger partial charge in [0, 0.05) is 20.1 Å². The van der Waals surface area contributed by atoms with Crippen molar-refractivity contribution in [3.63, 3.8) is 0 Å². The molecule has 0 saturated heterocycles. The highest BCUT2D eigenvalue weighted by Crippen LogP contribution is 2.18. The normalized spacial score (nSPS) is 27.7. The van der Waals surface area contributed by atoms with Crippen molar-refractivity contribution in [3.8, 4) is 0 Å². The molecule has 2 rings (SSSR count). The Balaban J connectivity index is 1.86. The molecule has 0 unspecified atom stereocenters. The van der Waals surface area contributed by atoms with E-state index in [1.807, 2.05) is 0 Å². The van der Waals surface area contributed by atoms with Crippen molar-refractivity contribution in [3.05, 3.63) is 12.2 Å². The summed E-state index contributed by atoms with van der Waals surface area (Å²) in [4.78, 5) is 25.3. The quantitative estimate of drug-likeness (QED) is 0.638. The predicted octanol–water partition coefficient (Wildman–Crippen LogP) is 0.391. The highest BCUT2D eigenvalue weighted by atomic mass is 16.5. The van der Waals surface area contributed by atoms with E-state index in [1.165, 1.54) is 4.90 Å². The largest absolute Gasteiger partial charge is 0.394 e. The number of rotatable bonds is 5. The Morgan fingerprint density at radius 1 is 1.22 bits per heavy atom. The fourth-order valence-corrected chi connectivity index (χ4v) is 2.94. The maximum absolute atomic E-state index is 12.0. The van der Waals surface area contributed by atoms with E-state index >= 15 is 0 Å². The standard InChI is InChI=1S/C16H27N3O4/c1-19(2)15(21)9-12-7-8-13(14(10-20)23-12)18-16(22)17-11-5-3-4-6-11/h7-8,11-14,20H,3-6,9-10H2,1-2H3,(H2,17,18,22)/t12-,13+,14+/m1/s1. The van der Waals surface area contributed by atoms with E-state index in [4.69, 9.17) is 4.74 Å². The van der Waals surface area contributed by atoms with E-state index in [-0.39, 0.29) is 37.1 Å². The third kappa shape index (κ3) is 5.21. The van der Waals surface area contributed by atoms with Crippen LogP contribution in [0.3, 0.4) is 0 Å². The molecular formula is C16H27N3O4. The van der Waals surface area contributed by atoms with Crippen molar-refractivity contribution in [1.82, 2.24) is 15.5 Å². The van der Waals surface area contributed by atoms with Gasteiger partial charge < -0.3 is 25.4 Å². The van der Waals surface area contributed by atoms with Crippen molar-refractivity contribution in [2.75, 3.05) is 20.7 Å². The highest BCUT2D eigenvalue weighted by molar-refractivity contribution is 5.76. The monoisotopic (exact) mass is 325 g/mol. The van der Waals surface area contributed by atoms with Crippen molar-refractivity contribution < 1.29 is 19.4 Å². The number of aliphatic hydroxyl groups is 1. The minimum Gasteiger partial charge on any atom is -0.394 e. The molecular weight excluding hydrogens is 298 g/mol. The van der Waals surface area contributed by atoms with Crippen LogP contribution < -0.4 is 10.6 Å². The fourth-order valence-electron chi connectivity index (χ4n) is 2.94. The van der Waals surface area contributed by atoms with Gasteiger partial charge in [0.25, 0.3) is 0 Å². The summed E-state index contributed by atoms with van der Waals surface area (Å²) in [5.41, 5.74) is 0. The average Bonchev–Trinajstić information content (AvgIpc) is 3.01. The van der Waals surface area contributed by atoms with Crippen LogP contribution >= 0.6 is 0 Å². The van der Waals surface area contributed by atoms with Crippen LogP contribution in [-0.4, -0.2) is 66.9 Å². The minimum atomic E-state index is -0.547. The van der Waals surface area contributed by atoms with E-state index < -0.39 is 12.1 Å². The van der Waals surface area contributed by atoms with Gasteiger partial charge in [-0.3, -0.25) is 4.79 Å². The molecule has 23 heavy (non-hydrogen) atoms. The molecule has 3 amide bonds. The van der Waals surface area contributed by atoms with Gasteiger partial charge in [0.2, 0.25) is 5.91 Å². The van der Waals surface area contributed by atoms with Crippen LogP contribution in [0.5, 0.6) is 0 Å². The number of urea groups is 1. The molecule has 1 aliphatic heterocycles. The van der Waals surface area contributed by atoms with Crippen LogP contribution in [0.1, 0.15) is 32.1 Å².